The number of hydrogen-bond donors (Lipinski definition) is 2. The molecule has 0 unspecified atom stereocenters. The fourth-order valence-electron chi connectivity index (χ4n) is 4.25. The lowest BCUT2D eigenvalue weighted by Crippen LogP contribution is -2.30. The SMILES string of the molecule is COc1ccc(OC)c(N2C[C@@H](C(=O)Nc3ccccc3C(=O)N[C@H](C)c3ccccc3)CC2=O)c1. The van der Waals surface area contributed by atoms with Crippen LogP contribution in [0.5, 0.6) is 11.5 Å². The molecule has 1 heterocycles. The van der Waals surface area contributed by atoms with Crippen molar-refractivity contribution in [3.63, 3.8) is 0 Å². The van der Waals surface area contributed by atoms with Gasteiger partial charge in [-0.3, -0.25) is 14.4 Å². The molecule has 1 aliphatic rings. The molecule has 2 atom stereocenters. The molecule has 3 aromatic carbocycles. The van der Waals surface area contributed by atoms with E-state index in [0.717, 1.165) is 5.56 Å². The van der Waals surface area contributed by atoms with Crippen LogP contribution in [0, 0.1) is 5.92 Å². The molecule has 1 aliphatic heterocycles. The van der Waals surface area contributed by atoms with Gasteiger partial charge in [-0.1, -0.05) is 42.5 Å². The second kappa shape index (κ2) is 10.9. The highest BCUT2D eigenvalue weighted by Gasteiger charge is 2.37. The van der Waals surface area contributed by atoms with E-state index >= 15 is 0 Å². The van der Waals surface area contributed by atoms with Gasteiger partial charge in [0, 0.05) is 19.0 Å². The second-order valence-electron chi connectivity index (χ2n) is 8.58. The molecule has 0 bridgehead atoms. The van der Waals surface area contributed by atoms with Gasteiger partial charge in [0.2, 0.25) is 11.8 Å². The van der Waals surface area contributed by atoms with Crippen LogP contribution in [0.2, 0.25) is 0 Å². The van der Waals surface area contributed by atoms with Gasteiger partial charge in [-0.05, 0) is 36.8 Å². The van der Waals surface area contributed by atoms with Crippen molar-refractivity contribution in [3.8, 4) is 11.5 Å². The first kappa shape index (κ1) is 24.8. The minimum absolute atomic E-state index is 0.0472. The van der Waals surface area contributed by atoms with E-state index in [1.165, 1.54) is 12.0 Å². The highest BCUT2D eigenvalue weighted by Crippen LogP contribution is 2.36. The molecule has 0 saturated carbocycles. The maximum absolute atomic E-state index is 13.2. The minimum atomic E-state index is -0.590. The molecule has 8 heteroatoms. The predicted molar refractivity (Wildman–Crippen MR) is 137 cm³/mol. The van der Waals surface area contributed by atoms with Gasteiger partial charge in [0.15, 0.2) is 0 Å². The van der Waals surface area contributed by atoms with Crippen LogP contribution in [0.15, 0.2) is 72.8 Å². The highest BCUT2D eigenvalue weighted by atomic mass is 16.5. The molecule has 4 rings (SSSR count). The molecule has 186 valence electrons. The van der Waals surface area contributed by atoms with Gasteiger partial charge >= 0.3 is 0 Å². The highest BCUT2D eigenvalue weighted by molar-refractivity contribution is 6.07. The number of rotatable bonds is 8. The number of amides is 3. The number of anilines is 2. The molecule has 3 aromatic rings. The molecule has 1 fully saturated rings. The maximum Gasteiger partial charge on any atom is 0.253 e. The largest absolute Gasteiger partial charge is 0.497 e. The van der Waals surface area contributed by atoms with Gasteiger partial charge in [0.1, 0.15) is 11.5 Å². The van der Waals surface area contributed by atoms with Gasteiger partial charge in [0.25, 0.3) is 5.91 Å². The Kier molecular flexibility index (Phi) is 7.53. The minimum Gasteiger partial charge on any atom is -0.497 e. The number of nitrogens with zero attached hydrogens (tertiary/aromatic N) is 1. The molecular weight excluding hydrogens is 458 g/mol. The summed E-state index contributed by atoms with van der Waals surface area (Å²) in [6.07, 6.45) is 0.0472. The molecule has 0 spiro atoms. The van der Waals surface area contributed by atoms with E-state index in [-0.39, 0.29) is 36.7 Å². The van der Waals surface area contributed by atoms with Crippen molar-refractivity contribution in [3.05, 3.63) is 83.9 Å². The summed E-state index contributed by atoms with van der Waals surface area (Å²) in [4.78, 5) is 40.5. The number of hydrogen-bond acceptors (Lipinski definition) is 5. The van der Waals surface area contributed by atoms with Crippen LogP contribution in [-0.2, 0) is 9.59 Å². The van der Waals surface area contributed by atoms with Crippen molar-refractivity contribution in [2.75, 3.05) is 31.0 Å². The van der Waals surface area contributed by atoms with Crippen LogP contribution in [0.1, 0.15) is 35.3 Å². The molecule has 0 aliphatic carbocycles. The summed E-state index contributed by atoms with van der Waals surface area (Å²) in [5.74, 6) is -0.315. The summed E-state index contributed by atoms with van der Waals surface area (Å²) in [5.41, 5.74) is 2.27. The van der Waals surface area contributed by atoms with Gasteiger partial charge in [-0.15, -0.1) is 0 Å². The van der Waals surface area contributed by atoms with Crippen molar-refractivity contribution in [2.45, 2.75) is 19.4 Å². The molecule has 36 heavy (non-hydrogen) atoms. The fraction of sp³-hybridized carbons (Fsp3) is 0.250. The van der Waals surface area contributed by atoms with Gasteiger partial charge in [-0.2, -0.15) is 0 Å². The van der Waals surface area contributed by atoms with Gasteiger partial charge in [-0.25, -0.2) is 0 Å². The Balaban J connectivity index is 1.47. The molecule has 0 aromatic heterocycles. The molecule has 8 nitrogen and oxygen atoms in total. The zero-order valence-electron chi connectivity index (χ0n) is 20.5. The van der Waals surface area contributed by atoms with Crippen molar-refractivity contribution in [1.29, 1.82) is 0 Å². The number of carbonyl (C=O) groups excluding carboxylic acids is 3. The van der Waals surface area contributed by atoms with Crippen LogP contribution in [0.25, 0.3) is 0 Å². The maximum atomic E-state index is 13.2. The lowest BCUT2D eigenvalue weighted by molar-refractivity contribution is -0.122. The third kappa shape index (κ3) is 5.33. The van der Waals surface area contributed by atoms with Crippen molar-refractivity contribution >= 4 is 29.1 Å². The summed E-state index contributed by atoms with van der Waals surface area (Å²) in [6.45, 7) is 2.09. The Morgan fingerprint density at radius 3 is 2.42 bits per heavy atom. The Bertz CT molecular complexity index is 1260. The van der Waals surface area contributed by atoms with Crippen LogP contribution < -0.4 is 25.0 Å². The lowest BCUT2D eigenvalue weighted by atomic mass is 10.1. The Hall–Kier alpha value is -4.33. The summed E-state index contributed by atoms with van der Waals surface area (Å²) < 4.78 is 10.7. The molecule has 2 N–H and O–H groups in total. The summed E-state index contributed by atoms with van der Waals surface area (Å²) >= 11 is 0. The number of para-hydroxylation sites is 1. The van der Waals surface area contributed by atoms with Crippen molar-refractivity contribution in [2.24, 2.45) is 5.92 Å². The number of nitrogens with one attached hydrogen (secondary N) is 2. The smallest absolute Gasteiger partial charge is 0.253 e. The van der Waals surface area contributed by atoms with E-state index in [1.807, 2.05) is 37.3 Å². The quantitative estimate of drug-likeness (QED) is 0.497. The van der Waals surface area contributed by atoms with Gasteiger partial charge < -0.3 is 25.0 Å². The molecule has 0 radical (unpaired) electrons. The predicted octanol–water partition coefficient (Wildman–Crippen LogP) is 4.19. The summed E-state index contributed by atoms with van der Waals surface area (Å²) in [6, 6.07) is 21.4. The van der Waals surface area contributed by atoms with E-state index in [4.69, 9.17) is 9.47 Å². The lowest BCUT2D eigenvalue weighted by Gasteiger charge is -2.20. The zero-order chi connectivity index (χ0) is 25.7. The standard InChI is InChI=1S/C28H29N3O5/c1-18(19-9-5-4-6-10-19)29-28(34)22-11-7-8-12-23(22)30-27(33)20-15-26(32)31(17-20)24-16-21(35-2)13-14-25(24)36-3/h4-14,16,18,20H,15,17H2,1-3H3,(H,29,34)(H,30,33)/t18-,20+/m1/s1. The van der Waals surface area contributed by atoms with E-state index in [0.29, 0.717) is 28.4 Å². The second-order valence-corrected chi connectivity index (χ2v) is 8.58. The first-order valence-corrected chi connectivity index (χ1v) is 11.7. The summed E-state index contributed by atoms with van der Waals surface area (Å²) in [7, 11) is 3.07. The van der Waals surface area contributed by atoms with Crippen molar-refractivity contribution < 1.29 is 23.9 Å². The van der Waals surface area contributed by atoms with Gasteiger partial charge in [0.05, 0.1) is 43.1 Å². The van der Waals surface area contributed by atoms with Crippen LogP contribution in [0.4, 0.5) is 11.4 Å². The van der Waals surface area contributed by atoms with Crippen LogP contribution in [-0.4, -0.2) is 38.5 Å². The zero-order valence-corrected chi connectivity index (χ0v) is 20.5. The van der Waals surface area contributed by atoms with Crippen molar-refractivity contribution in [1.82, 2.24) is 5.32 Å². The van der Waals surface area contributed by atoms with E-state index in [2.05, 4.69) is 10.6 Å². The summed E-state index contributed by atoms with van der Waals surface area (Å²) in [5, 5.41) is 5.83. The Labute approximate surface area is 210 Å². The average molecular weight is 488 g/mol. The van der Waals surface area contributed by atoms with E-state index < -0.39 is 5.92 Å². The topological polar surface area (TPSA) is 97.0 Å². The molecular formula is C28H29N3O5. The number of carbonyl (C=O) groups is 3. The first-order valence-electron chi connectivity index (χ1n) is 11.7. The monoisotopic (exact) mass is 487 g/mol. The Morgan fingerprint density at radius 1 is 0.972 bits per heavy atom. The van der Waals surface area contributed by atoms with Crippen LogP contribution >= 0.6 is 0 Å². The van der Waals surface area contributed by atoms with Crippen LogP contribution in [0.3, 0.4) is 0 Å². The third-order valence-electron chi connectivity index (χ3n) is 6.25. The number of ether oxygens (including phenoxy) is 2. The average Bonchev–Trinajstić information content (AvgIpc) is 3.30. The fourth-order valence-corrected chi connectivity index (χ4v) is 4.25. The van der Waals surface area contributed by atoms with E-state index in [9.17, 15) is 14.4 Å². The molecule has 3 amide bonds. The normalized spacial score (nSPS) is 15.8. The molecule has 1 saturated heterocycles. The number of benzene rings is 3. The number of methoxy groups -OCH3 is 2. The first-order chi connectivity index (χ1) is 17.4. The third-order valence-corrected chi connectivity index (χ3v) is 6.25. The Morgan fingerprint density at radius 2 is 1.69 bits per heavy atom. The van der Waals surface area contributed by atoms with E-state index in [1.54, 1.807) is 49.6 Å².